The molecular weight excluding hydrogens is 254 g/mol. The summed E-state index contributed by atoms with van der Waals surface area (Å²) >= 11 is 0. The molecule has 0 heterocycles. The van der Waals surface area contributed by atoms with Gasteiger partial charge in [-0.15, -0.1) is 0 Å². The number of alkyl halides is 1. The average molecular weight is 274 g/mol. The Morgan fingerprint density at radius 3 is 2.60 bits per heavy atom. The molecule has 1 aliphatic carbocycles. The molecule has 0 bridgehead atoms. The molecule has 0 aliphatic heterocycles. The van der Waals surface area contributed by atoms with Gasteiger partial charge in [-0.25, -0.2) is 8.78 Å². The zero-order chi connectivity index (χ0) is 14.4. The van der Waals surface area contributed by atoms with Gasteiger partial charge in [-0.3, -0.25) is 0 Å². The monoisotopic (exact) mass is 274 g/mol. The summed E-state index contributed by atoms with van der Waals surface area (Å²) in [5.41, 5.74) is -0.807. The molecule has 0 spiro atoms. The van der Waals surface area contributed by atoms with Gasteiger partial charge >= 0.3 is 0 Å². The van der Waals surface area contributed by atoms with E-state index in [-0.39, 0.29) is 6.42 Å². The maximum Gasteiger partial charge on any atom is 0.150 e. The van der Waals surface area contributed by atoms with Gasteiger partial charge < -0.3 is 0 Å². The maximum atomic E-state index is 14.5. The second-order valence-corrected chi connectivity index (χ2v) is 5.12. The van der Waals surface area contributed by atoms with Gasteiger partial charge in [0, 0.05) is 0 Å². The molecule has 0 aromatic heterocycles. The van der Waals surface area contributed by atoms with E-state index in [0.717, 1.165) is 18.1 Å². The van der Waals surface area contributed by atoms with Crippen molar-refractivity contribution in [1.82, 2.24) is 0 Å². The molecule has 0 N–H and O–H groups in total. The molecule has 106 valence electrons. The van der Waals surface area contributed by atoms with E-state index >= 15 is 0 Å². The van der Waals surface area contributed by atoms with Crippen LogP contribution in [0.2, 0.25) is 0 Å². The van der Waals surface area contributed by atoms with Crippen molar-refractivity contribution in [3.05, 3.63) is 72.1 Å². The minimum Gasteiger partial charge on any atom is -0.235 e. The normalized spacial score (nSPS) is 25.9. The Balaban J connectivity index is 2.07. The minimum atomic E-state index is -1.66. The van der Waals surface area contributed by atoms with E-state index in [1.54, 1.807) is 6.08 Å². The van der Waals surface area contributed by atoms with Gasteiger partial charge in [0.2, 0.25) is 0 Å². The number of allylic oxidation sites excluding steroid dienone is 6. The van der Waals surface area contributed by atoms with Crippen LogP contribution in [0.1, 0.15) is 37.7 Å². The third-order valence-electron chi connectivity index (χ3n) is 3.50. The van der Waals surface area contributed by atoms with Crippen molar-refractivity contribution in [2.24, 2.45) is 0 Å². The second kappa shape index (κ2) is 6.65. The summed E-state index contributed by atoms with van der Waals surface area (Å²) in [6.45, 7) is 2.03. The predicted molar refractivity (Wildman–Crippen MR) is 80.0 cm³/mol. The summed E-state index contributed by atoms with van der Waals surface area (Å²) in [6, 6.07) is 9.33. The van der Waals surface area contributed by atoms with Crippen LogP contribution in [-0.4, -0.2) is 5.67 Å². The van der Waals surface area contributed by atoms with Crippen LogP contribution in [0.5, 0.6) is 0 Å². The highest BCUT2D eigenvalue weighted by Gasteiger charge is 2.30. The fourth-order valence-corrected chi connectivity index (χ4v) is 2.39. The van der Waals surface area contributed by atoms with E-state index in [1.165, 1.54) is 6.08 Å². The van der Waals surface area contributed by atoms with Crippen LogP contribution in [0.25, 0.3) is 0 Å². The molecule has 20 heavy (non-hydrogen) atoms. The lowest BCUT2D eigenvalue weighted by Gasteiger charge is -2.24. The Labute approximate surface area is 119 Å². The third kappa shape index (κ3) is 3.66. The first-order valence-electron chi connectivity index (χ1n) is 7.11. The van der Waals surface area contributed by atoms with Crippen molar-refractivity contribution in [1.29, 1.82) is 0 Å². The van der Waals surface area contributed by atoms with Crippen molar-refractivity contribution in [2.75, 3.05) is 0 Å². The molecule has 1 aliphatic rings. The predicted octanol–water partition coefficient (Wildman–Crippen LogP) is 5.65. The lowest BCUT2D eigenvalue weighted by molar-refractivity contribution is 0.269. The van der Waals surface area contributed by atoms with E-state index in [0.29, 0.717) is 6.42 Å². The Morgan fingerprint density at radius 1 is 1.20 bits per heavy atom. The molecule has 1 aromatic carbocycles. The molecule has 2 atom stereocenters. The molecule has 0 radical (unpaired) electrons. The van der Waals surface area contributed by atoms with Crippen LogP contribution in [0.15, 0.2) is 66.5 Å². The Bertz CT molecular complexity index is 513. The van der Waals surface area contributed by atoms with Gasteiger partial charge in [0.05, 0.1) is 5.92 Å². The zero-order valence-electron chi connectivity index (χ0n) is 11.7. The molecule has 1 aromatic rings. The zero-order valence-corrected chi connectivity index (χ0v) is 11.7. The third-order valence-corrected chi connectivity index (χ3v) is 3.50. The van der Waals surface area contributed by atoms with Crippen molar-refractivity contribution < 1.29 is 8.78 Å². The lowest BCUT2D eigenvalue weighted by atomic mass is 9.86. The van der Waals surface area contributed by atoms with Crippen LogP contribution in [-0.2, 0) is 0 Å². The van der Waals surface area contributed by atoms with E-state index in [4.69, 9.17) is 0 Å². The fraction of sp³-hybridized carbons (Fsp3) is 0.333. The fourth-order valence-electron chi connectivity index (χ4n) is 2.39. The number of benzene rings is 1. The smallest absolute Gasteiger partial charge is 0.150 e. The molecule has 0 amide bonds. The standard InChI is InChI=1S/C18H20F2/c1-2-3-4-8-12-18(20)13-11-16(17(19)14-18)15-9-6-5-7-10-15/h3-7,9-11,13-14,16H,2,8,12H2,1H3/b4-3+. The van der Waals surface area contributed by atoms with Gasteiger partial charge in [0.1, 0.15) is 11.5 Å². The molecule has 2 rings (SSSR count). The Hall–Kier alpha value is -1.70. The summed E-state index contributed by atoms with van der Waals surface area (Å²) in [7, 11) is 0. The van der Waals surface area contributed by atoms with Crippen LogP contribution in [0.4, 0.5) is 8.78 Å². The quantitative estimate of drug-likeness (QED) is 0.609. The van der Waals surface area contributed by atoms with Gasteiger partial charge in [0.15, 0.2) is 0 Å². The largest absolute Gasteiger partial charge is 0.235 e. The first kappa shape index (κ1) is 14.7. The highest BCUT2D eigenvalue weighted by molar-refractivity contribution is 5.38. The Morgan fingerprint density at radius 2 is 1.95 bits per heavy atom. The van der Waals surface area contributed by atoms with Crippen LogP contribution >= 0.6 is 0 Å². The maximum absolute atomic E-state index is 14.5. The van der Waals surface area contributed by atoms with Gasteiger partial charge in [-0.05, 0) is 37.0 Å². The summed E-state index contributed by atoms with van der Waals surface area (Å²) in [5.74, 6) is -0.855. The van der Waals surface area contributed by atoms with E-state index < -0.39 is 17.4 Å². The van der Waals surface area contributed by atoms with Crippen LogP contribution in [0, 0.1) is 0 Å². The molecule has 0 saturated carbocycles. The lowest BCUT2D eigenvalue weighted by Crippen LogP contribution is -2.21. The van der Waals surface area contributed by atoms with Crippen LogP contribution < -0.4 is 0 Å². The van der Waals surface area contributed by atoms with E-state index in [2.05, 4.69) is 0 Å². The molecule has 0 nitrogen and oxygen atoms in total. The summed E-state index contributed by atoms with van der Waals surface area (Å²) in [5, 5.41) is 0. The minimum absolute atomic E-state index is 0.287. The first-order valence-corrected chi connectivity index (χ1v) is 7.11. The van der Waals surface area contributed by atoms with Crippen molar-refractivity contribution in [3.8, 4) is 0 Å². The summed E-state index contributed by atoms with van der Waals surface area (Å²) < 4.78 is 28.7. The first-order chi connectivity index (χ1) is 9.64. The summed E-state index contributed by atoms with van der Waals surface area (Å²) in [4.78, 5) is 0. The molecule has 0 fully saturated rings. The molecular formula is C18H20F2. The van der Waals surface area contributed by atoms with E-state index in [1.807, 2.05) is 49.4 Å². The van der Waals surface area contributed by atoms with Gasteiger partial charge in [-0.1, -0.05) is 55.5 Å². The molecule has 2 unspecified atom stereocenters. The van der Waals surface area contributed by atoms with Crippen molar-refractivity contribution in [3.63, 3.8) is 0 Å². The number of halogens is 2. The van der Waals surface area contributed by atoms with Gasteiger partial charge in [0.25, 0.3) is 0 Å². The number of hydrogen-bond donors (Lipinski definition) is 0. The van der Waals surface area contributed by atoms with Crippen molar-refractivity contribution >= 4 is 0 Å². The van der Waals surface area contributed by atoms with Crippen LogP contribution in [0.3, 0.4) is 0 Å². The number of rotatable bonds is 5. The topological polar surface area (TPSA) is 0 Å². The summed E-state index contributed by atoms with van der Waals surface area (Å²) in [6.07, 6.45) is 10.1. The molecule has 2 heteroatoms. The van der Waals surface area contributed by atoms with Crippen molar-refractivity contribution in [2.45, 2.75) is 37.8 Å². The average Bonchev–Trinajstić information content (AvgIpc) is 2.45. The number of hydrogen-bond acceptors (Lipinski definition) is 0. The molecule has 0 saturated heterocycles. The van der Waals surface area contributed by atoms with E-state index in [9.17, 15) is 8.78 Å². The highest BCUT2D eigenvalue weighted by Crippen LogP contribution is 2.37. The second-order valence-electron chi connectivity index (χ2n) is 5.12. The SMILES string of the molecule is CC/C=C/CCC1(F)C=CC(c2ccccc2)C(F)=C1. The highest BCUT2D eigenvalue weighted by atomic mass is 19.1. The Kier molecular flexibility index (Phi) is 4.89. The van der Waals surface area contributed by atoms with Gasteiger partial charge in [-0.2, -0.15) is 0 Å².